The van der Waals surface area contributed by atoms with E-state index in [2.05, 4.69) is 40.4 Å². The van der Waals surface area contributed by atoms with Gasteiger partial charge in [-0.05, 0) is 30.9 Å². The number of nitrogens with one attached hydrogen (secondary N) is 1. The first kappa shape index (κ1) is 12.6. The van der Waals surface area contributed by atoms with Crippen LogP contribution < -0.4 is 5.32 Å². The van der Waals surface area contributed by atoms with Crippen LogP contribution in [0.4, 0.5) is 5.95 Å². The molecule has 0 fully saturated rings. The van der Waals surface area contributed by atoms with E-state index in [1.54, 1.807) is 0 Å². The maximum atomic E-state index is 10.8. The number of fused-ring (bicyclic) bond motifs is 1. The zero-order valence-corrected chi connectivity index (χ0v) is 11.1. The van der Waals surface area contributed by atoms with Crippen molar-refractivity contribution in [3.05, 3.63) is 52.8 Å². The Labute approximate surface area is 116 Å². The molecule has 1 unspecified atom stereocenters. The highest BCUT2D eigenvalue weighted by atomic mass is 16.4. The number of hydrogen-bond donors (Lipinski definition) is 2. The van der Waals surface area contributed by atoms with Gasteiger partial charge < -0.3 is 10.4 Å². The third kappa shape index (κ3) is 2.34. The summed E-state index contributed by atoms with van der Waals surface area (Å²) >= 11 is 0. The number of carboxylic acid groups (broad SMARTS) is 1. The highest BCUT2D eigenvalue weighted by Crippen LogP contribution is 2.33. The van der Waals surface area contributed by atoms with E-state index in [1.165, 1.54) is 29.1 Å². The van der Waals surface area contributed by atoms with Crippen LogP contribution in [0.1, 0.15) is 39.5 Å². The molecule has 102 valence electrons. The SMILES string of the molecule is Cc1ccc2c(c1)C(Nc1ncc(C(=O)O)cn1)CC2. The molecule has 5 nitrogen and oxygen atoms in total. The average Bonchev–Trinajstić information content (AvgIpc) is 2.82. The fourth-order valence-electron chi connectivity index (χ4n) is 2.54. The largest absolute Gasteiger partial charge is 0.478 e. The topological polar surface area (TPSA) is 75.1 Å². The quantitative estimate of drug-likeness (QED) is 0.895. The molecule has 1 aromatic carbocycles. The zero-order chi connectivity index (χ0) is 14.1. The van der Waals surface area contributed by atoms with Crippen LogP contribution in [0.2, 0.25) is 0 Å². The summed E-state index contributed by atoms with van der Waals surface area (Å²) < 4.78 is 0. The fraction of sp³-hybridized carbons (Fsp3) is 0.267. The Morgan fingerprint density at radius 2 is 2.10 bits per heavy atom. The van der Waals surface area contributed by atoms with Crippen LogP contribution in [-0.2, 0) is 6.42 Å². The van der Waals surface area contributed by atoms with Crippen LogP contribution in [0.15, 0.2) is 30.6 Å². The number of carbonyl (C=O) groups is 1. The lowest BCUT2D eigenvalue weighted by Crippen LogP contribution is -2.10. The first-order chi connectivity index (χ1) is 9.63. The summed E-state index contributed by atoms with van der Waals surface area (Å²) in [6.45, 7) is 2.08. The molecule has 0 saturated heterocycles. The normalized spacial score (nSPS) is 16.8. The van der Waals surface area contributed by atoms with E-state index in [0.717, 1.165) is 12.8 Å². The predicted octanol–water partition coefficient (Wildman–Crippen LogP) is 2.58. The standard InChI is InChI=1S/C15H15N3O2/c1-9-2-3-10-4-5-13(12(10)6-9)18-15-16-7-11(8-17-15)14(19)20/h2-3,6-8,13H,4-5H2,1H3,(H,19,20)(H,16,17,18). The lowest BCUT2D eigenvalue weighted by Gasteiger charge is -2.14. The van der Waals surface area contributed by atoms with Crippen LogP contribution in [-0.4, -0.2) is 21.0 Å². The third-order valence-corrected chi connectivity index (χ3v) is 3.58. The molecule has 1 atom stereocenters. The average molecular weight is 269 g/mol. The summed E-state index contributed by atoms with van der Waals surface area (Å²) in [6, 6.07) is 6.67. The Morgan fingerprint density at radius 3 is 2.80 bits per heavy atom. The molecular formula is C15H15N3O2. The lowest BCUT2D eigenvalue weighted by molar-refractivity contribution is 0.0696. The molecule has 3 rings (SSSR count). The fourth-order valence-corrected chi connectivity index (χ4v) is 2.54. The second kappa shape index (κ2) is 4.92. The van der Waals surface area contributed by atoms with Gasteiger partial charge in [-0.1, -0.05) is 23.8 Å². The summed E-state index contributed by atoms with van der Waals surface area (Å²) in [5.74, 6) is -0.548. The molecule has 0 saturated carbocycles. The van der Waals surface area contributed by atoms with Gasteiger partial charge in [-0.25, -0.2) is 14.8 Å². The molecule has 1 aliphatic carbocycles. The minimum absolute atomic E-state index is 0.0956. The van der Waals surface area contributed by atoms with Crippen LogP contribution in [0.25, 0.3) is 0 Å². The molecule has 1 aliphatic rings. The summed E-state index contributed by atoms with van der Waals surface area (Å²) in [7, 11) is 0. The van der Waals surface area contributed by atoms with Crippen molar-refractivity contribution in [2.24, 2.45) is 0 Å². The van der Waals surface area contributed by atoms with Gasteiger partial charge in [-0.15, -0.1) is 0 Å². The number of rotatable bonds is 3. The van der Waals surface area contributed by atoms with Crippen LogP contribution in [0, 0.1) is 6.92 Å². The number of carboxylic acids is 1. The number of hydrogen-bond acceptors (Lipinski definition) is 4. The molecule has 0 bridgehead atoms. The third-order valence-electron chi connectivity index (χ3n) is 3.58. The summed E-state index contributed by atoms with van der Waals surface area (Å²) in [5, 5.41) is 12.1. The summed E-state index contributed by atoms with van der Waals surface area (Å²) in [6.07, 6.45) is 4.69. The van der Waals surface area contributed by atoms with Crippen molar-refractivity contribution < 1.29 is 9.90 Å². The van der Waals surface area contributed by atoms with Crippen molar-refractivity contribution in [3.8, 4) is 0 Å². The van der Waals surface area contributed by atoms with Crippen molar-refractivity contribution in [2.45, 2.75) is 25.8 Å². The van der Waals surface area contributed by atoms with Gasteiger partial charge in [0.05, 0.1) is 11.6 Å². The van der Waals surface area contributed by atoms with Gasteiger partial charge in [0.1, 0.15) is 0 Å². The number of aromatic nitrogens is 2. The highest BCUT2D eigenvalue weighted by Gasteiger charge is 2.22. The van der Waals surface area contributed by atoms with Crippen LogP contribution in [0.3, 0.4) is 0 Å². The summed E-state index contributed by atoms with van der Waals surface area (Å²) in [5.41, 5.74) is 3.98. The Morgan fingerprint density at radius 1 is 1.35 bits per heavy atom. The van der Waals surface area contributed by atoms with E-state index in [0.29, 0.717) is 5.95 Å². The minimum atomic E-state index is -1.02. The second-order valence-corrected chi connectivity index (χ2v) is 5.04. The predicted molar refractivity (Wildman–Crippen MR) is 74.9 cm³/mol. The van der Waals surface area contributed by atoms with Gasteiger partial charge in [0.25, 0.3) is 0 Å². The first-order valence-corrected chi connectivity index (χ1v) is 6.55. The first-order valence-electron chi connectivity index (χ1n) is 6.55. The summed E-state index contributed by atoms with van der Waals surface area (Å²) in [4.78, 5) is 18.9. The Hall–Kier alpha value is -2.43. The van der Waals surface area contributed by atoms with E-state index in [4.69, 9.17) is 5.11 Å². The maximum absolute atomic E-state index is 10.8. The Bertz CT molecular complexity index is 653. The molecule has 20 heavy (non-hydrogen) atoms. The van der Waals surface area contributed by atoms with Crippen molar-refractivity contribution in [1.82, 2.24) is 9.97 Å². The van der Waals surface area contributed by atoms with Gasteiger partial charge in [0.2, 0.25) is 5.95 Å². The lowest BCUT2D eigenvalue weighted by atomic mass is 10.1. The van der Waals surface area contributed by atoms with Gasteiger partial charge >= 0.3 is 5.97 Å². The zero-order valence-electron chi connectivity index (χ0n) is 11.1. The van der Waals surface area contributed by atoms with Crippen molar-refractivity contribution in [3.63, 3.8) is 0 Å². The smallest absolute Gasteiger partial charge is 0.338 e. The van der Waals surface area contributed by atoms with Gasteiger partial charge in [-0.3, -0.25) is 0 Å². The Balaban J connectivity index is 1.80. The van der Waals surface area contributed by atoms with E-state index in [9.17, 15) is 4.79 Å². The Kier molecular flexibility index (Phi) is 3.10. The van der Waals surface area contributed by atoms with Gasteiger partial charge in [0.15, 0.2) is 0 Å². The van der Waals surface area contributed by atoms with Crippen molar-refractivity contribution in [2.75, 3.05) is 5.32 Å². The molecule has 2 aromatic rings. The monoisotopic (exact) mass is 269 g/mol. The number of aryl methyl sites for hydroxylation is 2. The number of nitrogens with zero attached hydrogens (tertiary/aromatic N) is 2. The van der Waals surface area contributed by atoms with Gasteiger partial charge in [-0.2, -0.15) is 0 Å². The number of anilines is 1. The molecule has 0 amide bonds. The van der Waals surface area contributed by atoms with E-state index >= 15 is 0 Å². The van der Waals surface area contributed by atoms with Crippen LogP contribution >= 0.6 is 0 Å². The van der Waals surface area contributed by atoms with Crippen molar-refractivity contribution in [1.29, 1.82) is 0 Å². The molecule has 1 heterocycles. The number of aromatic carboxylic acids is 1. The highest BCUT2D eigenvalue weighted by molar-refractivity contribution is 5.86. The molecule has 1 aromatic heterocycles. The van der Waals surface area contributed by atoms with Crippen molar-refractivity contribution >= 4 is 11.9 Å². The van der Waals surface area contributed by atoms with E-state index < -0.39 is 5.97 Å². The van der Waals surface area contributed by atoms with E-state index in [1.807, 2.05) is 0 Å². The second-order valence-electron chi connectivity index (χ2n) is 5.04. The van der Waals surface area contributed by atoms with E-state index in [-0.39, 0.29) is 11.6 Å². The molecule has 0 aliphatic heterocycles. The number of benzene rings is 1. The molecular weight excluding hydrogens is 254 g/mol. The molecule has 0 radical (unpaired) electrons. The molecule has 2 N–H and O–H groups in total. The minimum Gasteiger partial charge on any atom is -0.478 e. The molecule has 0 spiro atoms. The van der Waals surface area contributed by atoms with Gasteiger partial charge in [0, 0.05) is 12.4 Å². The maximum Gasteiger partial charge on any atom is 0.338 e. The molecule has 5 heteroatoms. The van der Waals surface area contributed by atoms with Crippen LogP contribution in [0.5, 0.6) is 0 Å².